The average Bonchev–Trinajstić information content (AvgIpc) is 2.14. The van der Waals surface area contributed by atoms with Gasteiger partial charge in [-0.1, -0.05) is 18.2 Å². The molecule has 0 aliphatic heterocycles. The number of benzene rings is 1. The highest BCUT2D eigenvalue weighted by molar-refractivity contribution is 5.42. The van der Waals surface area contributed by atoms with Crippen LogP contribution in [0.2, 0.25) is 0 Å². The molecule has 1 N–H and O–H groups in total. The first-order valence-corrected chi connectivity index (χ1v) is 4.00. The van der Waals surface area contributed by atoms with Crippen LogP contribution in [0.3, 0.4) is 0 Å². The molecule has 1 rings (SSSR count). The lowest BCUT2D eigenvalue weighted by Gasteiger charge is -2.13. The van der Waals surface area contributed by atoms with Gasteiger partial charge in [0.05, 0.1) is 6.54 Å². The number of para-hydroxylation sites is 1. The molecule has 1 nitrogen and oxygen atoms in total. The number of rotatable bonds is 3. The van der Waals surface area contributed by atoms with Crippen molar-refractivity contribution in [3.8, 4) is 0 Å². The van der Waals surface area contributed by atoms with Crippen LogP contribution < -0.4 is 5.32 Å². The first-order valence-electron chi connectivity index (χ1n) is 4.00. The Morgan fingerprint density at radius 1 is 1.14 bits per heavy atom. The van der Waals surface area contributed by atoms with E-state index >= 15 is 0 Å². The minimum Gasteiger partial charge on any atom is -0.382 e. The van der Waals surface area contributed by atoms with Gasteiger partial charge in [0.1, 0.15) is 0 Å². The van der Waals surface area contributed by atoms with E-state index in [0.29, 0.717) is 5.69 Å². The molecule has 0 aliphatic carbocycles. The topological polar surface area (TPSA) is 12.0 Å². The lowest BCUT2D eigenvalue weighted by Crippen LogP contribution is -2.31. The standard InChI is InChI=1S/C9H9F4N/c10-8(9(11,12)13)6-14-7-4-2-1-3-5-7/h1-5,8,14H,6H2. The minimum absolute atomic E-state index is 0.472. The molecule has 1 unspecified atom stereocenters. The van der Waals surface area contributed by atoms with Gasteiger partial charge in [-0.15, -0.1) is 0 Å². The van der Waals surface area contributed by atoms with Crippen LogP contribution in [0.15, 0.2) is 30.3 Å². The molecule has 0 aliphatic rings. The number of halogens is 4. The molecule has 0 aromatic heterocycles. The molecule has 0 heterocycles. The third-order valence-electron chi connectivity index (χ3n) is 1.61. The Balaban J connectivity index is 2.42. The van der Waals surface area contributed by atoms with Crippen molar-refractivity contribution in [2.75, 3.05) is 11.9 Å². The average molecular weight is 207 g/mol. The summed E-state index contributed by atoms with van der Waals surface area (Å²) in [6.45, 7) is -0.756. The molecule has 0 spiro atoms. The van der Waals surface area contributed by atoms with Gasteiger partial charge in [0.25, 0.3) is 0 Å². The van der Waals surface area contributed by atoms with Gasteiger partial charge in [-0.2, -0.15) is 13.2 Å². The van der Waals surface area contributed by atoms with Crippen molar-refractivity contribution in [2.45, 2.75) is 12.3 Å². The van der Waals surface area contributed by atoms with Crippen molar-refractivity contribution in [1.29, 1.82) is 0 Å². The zero-order chi connectivity index (χ0) is 10.6. The summed E-state index contributed by atoms with van der Waals surface area (Å²) in [6.07, 6.45) is -7.62. The van der Waals surface area contributed by atoms with Crippen molar-refractivity contribution in [3.05, 3.63) is 30.3 Å². The molecule has 0 saturated heterocycles. The summed E-state index contributed by atoms with van der Waals surface area (Å²) in [7, 11) is 0. The zero-order valence-electron chi connectivity index (χ0n) is 7.18. The smallest absolute Gasteiger partial charge is 0.382 e. The van der Waals surface area contributed by atoms with E-state index in [1.807, 2.05) is 0 Å². The Bertz CT molecular complexity index is 270. The number of hydrogen-bond donors (Lipinski definition) is 1. The second kappa shape index (κ2) is 4.30. The quantitative estimate of drug-likeness (QED) is 0.751. The molecule has 0 fully saturated rings. The lowest BCUT2D eigenvalue weighted by molar-refractivity contribution is -0.176. The maximum atomic E-state index is 12.4. The van der Waals surface area contributed by atoms with Crippen LogP contribution in [-0.2, 0) is 0 Å². The Morgan fingerprint density at radius 3 is 2.21 bits per heavy atom. The fourth-order valence-corrected chi connectivity index (χ4v) is 0.879. The molecule has 5 heteroatoms. The van der Waals surface area contributed by atoms with Crippen LogP contribution in [0.25, 0.3) is 0 Å². The summed E-state index contributed by atoms with van der Waals surface area (Å²) >= 11 is 0. The van der Waals surface area contributed by atoms with E-state index < -0.39 is 18.9 Å². The Morgan fingerprint density at radius 2 is 1.71 bits per heavy atom. The van der Waals surface area contributed by atoms with Crippen molar-refractivity contribution in [3.63, 3.8) is 0 Å². The van der Waals surface area contributed by atoms with E-state index in [2.05, 4.69) is 5.32 Å². The molecule has 1 atom stereocenters. The van der Waals surface area contributed by atoms with Gasteiger partial charge < -0.3 is 5.32 Å². The Hall–Kier alpha value is -1.26. The van der Waals surface area contributed by atoms with E-state index in [0.717, 1.165) is 0 Å². The molecular weight excluding hydrogens is 198 g/mol. The van der Waals surface area contributed by atoms with Crippen LogP contribution in [0, 0.1) is 0 Å². The van der Waals surface area contributed by atoms with Crippen molar-refractivity contribution >= 4 is 5.69 Å². The summed E-state index contributed by atoms with van der Waals surface area (Å²) < 4.78 is 47.6. The first kappa shape index (κ1) is 10.8. The van der Waals surface area contributed by atoms with Gasteiger partial charge in [0.15, 0.2) is 0 Å². The van der Waals surface area contributed by atoms with Crippen molar-refractivity contribution in [2.24, 2.45) is 0 Å². The van der Waals surface area contributed by atoms with E-state index in [9.17, 15) is 17.6 Å². The van der Waals surface area contributed by atoms with E-state index in [1.165, 1.54) is 0 Å². The van der Waals surface area contributed by atoms with Crippen molar-refractivity contribution < 1.29 is 17.6 Å². The maximum Gasteiger partial charge on any atom is 0.421 e. The van der Waals surface area contributed by atoms with Crippen LogP contribution in [0.5, 0.6) is 0 Å². The summed E-state index contributed by atoms with van der Waals surface area (Å²) in [5.41, 5.74) is 0.472. The molecule has 78 valence electrons. The molecule has 14 heavy (non-hydrogen) atoms. The number of hydrogen-bond acceptors (Lipinski definition) is 1. The fraction of sp³-hybridized carbons (Fsp3) is 0.333. The third-order valence-corrected chi connectivity index (χ3v) is 1.61. The van der Waals surface area contributed by atoms with Gasteiger partial charge in [-0.25, -0.2) is 4.39 Å². The minimum atomic E-state index is -4.79. The Kier molecular flexibility index (Phi) is 3.33. The van der Waals surface area contributed by atoms with Gasteiger partial charge in [0.2, 0.25) is 6.17 Å². The van der Waals surface area contributed by atoms with Crippen molar-refractivity contribution in [1.82, 2.24) is 0 Å². The monoisotopic (exact) mass is 207 g/mol. The molecule has 0 saturated carbocycles. The number of alkyl halides is 4. The predicted molar refractivity (Wildman–Crippen MR) is 45.9 cm³/mol. The lowest BCUT2D eigenvalue weighted by atomic mass is 10.3. The van der Waals surface area contributed by atoms with Gasteiger partial charge in [0, 0.05) is 5.69 Å². The van der Waals surface area contributed by atoms with E-state index in [-0.39, 0.29) is 0 Å². The van der Waals surface area contributed by atoms with Crippen LogP contribution in [0.1, 0.15) is 0 Å². The van der Waals surface area contributed by atoms with Crippen LogP contribution in [-0.4, -0.2) is 18.9 Å². The van der Waals surface area contributed by atoms with Crippen LogP contribution >= 0.6 is 0 Å². The summed E-state index contributed by atoms with van der Waals surface area (Å²) in [4.78, 5) is 0. The molecule has 0 bridgehead atoms. The summed E-state index contributed by atoms with van der Waals surface area (Å²) in [5, 5.41) is 2.36. The normalized spacial score (nSPS) is 13.7. The predicted octanol–water partition coefficient (Wildman–Crippen LogP) is 3.00. The zero-order valence-corrected chi connectivity index (χ0v) is 7.18. The molecule has 1 aromatic carbocycles. The molecule has 1 aromatic rings. The first-order chi connectivity index (χ1) is 6.50. The summed E-state index contributed by atoms with van der Waals surface area (Å²) in [6, 6.07) is 8.18. The highest BCUT2D eigenvalue weighted by atomic mass is 19.4. The van der Waals surface area contributed by atoms with E-state index in [4.69, 9.17) is 0 Å². The highest BCUT2D eigenvalue weighted by Crippen LogP contribution is 2.23. The fourth-order valence-electron chi connectivity index (χ4n) is 0.879. The van der Waals surface area contributed by atoms with Gasteiger partial charge in [-0.05, 0) is 12.1 Å². The number of anilines is 1. The SMILES string of the molecule is FC(CNc1ccccc1)C(F)(F)F. The molecule has 0 amide bonds. The van der Waals surface area contributed by atoms with Gasteiger partial charge >= 0.3 is 6.18 Å². The van der Waals surface area contributed by atoms with E-state index in [1.54, 1.807) is 30.3 Å². The Labute approximate surface area is 78.7 Å². The van der Waals surface area contributed by atoms with Crippen LogP contribution in [0.4, 0.5) is 23.2 Å². The number of nitrogens with one attached hydrogen (secondary N) is 1. The highest BCUT2D eigenvalue weighted by Gasteiger charge is 2.39. The second-order valence-corrected chi connectivity index (χ2v) is 2.76. The second-order valence-electron chi connectivity index (χ2n) is 2.76. The molecular formula is C9H9F4N. The maximum absolute atomic E-state index is 12.4. The van der Waals surface area contributed by atoms with Gasteiger partial charge in [-0.3, -0.25) is 0 Å². The summed E-state index contributed by atoms with van der Waals surface area (Å²) in [5.74, 6) is 0. The third kappa shape index (κ3) is 3.24. The molecule has 0 radical (unpaired) electrons. The largest absolute Gasteiger partial charge is 0.421 e.